The topological polar surface area (TPSA) is 163 Å². The van der Waals surface area contributed by atoms with Crippen molar-refractivity contribution < 1.29 is 38.2 Å². The summed E-state index contributed by atoms with van der Waals surface area (Å²) in [5, 5.41) is 4.91. The Morgan fingerprint density at radius 3 is 1.92 bits per heavy atom. The summed E-state index contributed by atoms with van der Waals surface area (Å²) in [5.41, 5.74) is 6.97. The van der Waals surface area contributed by atoms with Crippen LogP contribution in [0.4, 0.5) is 4.79 Å². The summed E-state index contributed by atoms with van der Waals surface area (Å²) in [6.07, 6.45) is -1.37. The Balaban J connectivity index is 2.23. The highest BCUT2D eigenvalue weighted by Gasteiger charge is 2.38. The molecule has 0 aliphatic heterocycles. The van der Waals surface area contributed by atoms with E-state index in [1.54, 1.807) is 68.4 Å². The largest absolute Gasteiger partial charge is 0.466 e. The summed E-state index contributed by atoms with van der Waals surface area (Å²) in [4.78, 5) is 62.9. The van der Waals surface area contributed by atoms with Crippen LogP contribution in [0, 0.1) is 5.92 Å². The van der Waals surface area contributed by atoms with Crippen molar-refractivity contribution in [3.63, 3.8) is 0 Å². The zero-order chi connectivity index (χ0) is 27.9. The molecule has 3 atom stereocenters. The Bertz CT molecular complexity index is 1080. The molecule has 4 N–H and O–H groups in total. The van der Waals surface area contributed by atoms with Crippen LogP contribution in [0.15, 0.2) is 60.7 Å². The molecule has 0 saturated heterocycles. The van der Waals surface area contributed by atoms with Gasteiger partial charge in [0, 0.05) is 6.42 Å². The van der Waals surface area contributed by atoms with E-state index in [-0.39, 0.29) is 26.2 Å². The fourth-order valence-corrected chi connectivity index (χ4v) is 3.58. The number of nitrogens with one attached hydrogen (secondary N) is 2. The van der Waals surface area contributed by atoms with Gasteiger partial charge in [0.05, 0.1) is 25.6 Å². The van der Waals surface area contributed by atoms with Crippen LogP contribution < -0.4 is 16.4 Å². The summed E-state index contributed by atoms with van der Waals surface area (Å²) in [7, 11) is 0. The van der Waals surface area contributed by atoms with Gasteiger partial charge < -0.3 is 30.6 Å². The van der Waals surface area contributed by atoms with Crippen LogP contribution in [0.2, 0.25) is 0 Å². The van der Waals surface area contributed by atoms with Gasteiger partial charge in [0.1, 0.15) is 18.7 Å². The van der Waals surface area contributed by atoms with E-state index in [0.29, 0.717) is 5.56 Å². The molecule has 204 valence electrons. The molecule has 0 saturated carbocycles. The predicted octanol–water partition coefficient (Wildman–Crippen LogP) is 1.63. The number of benzene rings is 2. The first-order valence-corrected chi connectivity index (χ1v) is 12.2. The first-order valence-electron chi connectivity index (χ1n) is 12.2. The van der Waals surface area contributed by atoms with Crippen molar-refractivity contribution in [1.82, 2.24) is 10.6 Å². The third-order valence-corrected chi connectivity index (χ3v) is 5.39. The molecule has 2 rings (SSSR count). The number of nitrogens with two attached hydrogens (primary N) is 1. The van der Waals surface area contributed by atoms with E-state index in [1.165, 1.54) is 0 Å². The molecule has 11 heteroatoms. The van der Waals surface area contributed by atoms with Crippen molar-refractivity contribution in [2.24, 2.45) is 11.7 Å². The maximum absolute atomic E-state index is 13.3. The lowest BCUT2D eigenvalue weighted by molar-refractivity contribution is -0.157. The van der Waals surface area contributed by atoms with E-state index in [1.807, 2.05) is 6.07 Å². The zero-order valence-electron chi connectivity index (χ0n) is 21.4. The number of primary amides is 1. The van der Waals surface area contributed by atoms with Crippen LogP contribution in [0.25, 0.3) is 0 Å². The third-order valence-electron chi connectivity index (χ3n) is 5.39. The summed E-state index contributed by atoms with van der Waals surface area (Å²) in [5.74, 6) is -4.98. The molecule has 0 heterocycles. The Hall–Kier alpha value is -4.41. The van der Waals surface area contributed by atoms with Gasteiger partial charge in [-0.25, -0.2) is 4.79 Å². The molecule has 0 aliphatic rings. The van der Waals surface area contributed by atoms with Gasteiger partial charge >= 0.3 is 18.0 Å². The van der Waals surface area contributed by atoms with Gasteiger partial charge in [0.25, 0.3) is 0 Å². The quantitative estimate of drug-likeness (QED) is 0.246. The third kappa shape index (κ3) is 9.92. The summed E-state index contributed by atoms with van der Waals surface area (Å²) in [6.45, 7) is 3.14. The second kappa shape index (κ2) is 15.6. The number of amides is 3. The average molecular weight is 528 g/mol. The molecule has 11 nitrogen and oxygen atoms in total. The highest BCUT2D eigenvalue weighted by atomic mass is 16.6. The first kappa shape index (κ1) is 29.8. The van der Waals surface area contributed by atoms with Gasteiger partial charge in [-0.1, -0.05) is 60.7 Å². The van der Waals surface area contributed by atoms with Crippen molar-refractivity contribution in [2.45, 2.75) is 45.4 Å². The van der Waals surface area contributed by atoms with E-state index in [2.05, 4.69) is 10.6 Å². The summed E-state index contributed by atoms with van der Waals surface area (Å²) >= 11 is 0. The minimum absolute atomic E-state index is 0.0248. The molecule has 0 spiro atoms. The van der Waals surface area contributed by atoms with Crippen LogP contribution in [0.5, 0.6) is 0 Å². The van der Waals surface area contributed by atoms with E-state index in [4.69, 9.17) is 19.9 Å². The molecule has 3 amide bonds. The van der Waals surface area contributed by atoms with Crippen molar-refractivity contribution in [2.75, 3.05) is 13.2 Å². The van der Waals surface area contributed by atoms with Crippen molar-refractivity contribution in [3.05, 3.63) is 71.8 Å². The molecule has 0 bridgehead atoms. The number of carbonyl (C=O) groups is 5. The predicted molar refractivity (Wildman–Crippen MR) is 136 cm³/mol. The van der Waals surface area contributed by atoms with Gasteiger partial charge in [0.15, 0.2) is 0 Å². The Labute approximate surface area is 221 Å². The normalized spacial score (nSPS) is 12.8. The van der Waals surface area contributed by atoms with Gasteiger partial charge in [-0.15, -0.1) is 0 Å². The van der Waals surface area contributed by atoms with Gasteiger partial charge in [-0.2, -0.15) is 0 Å². The van der Waals surface area contributed by atoms with Gasteiger partial charge in [-0.05, 0) is 25.0 Å². The number of ether oxygens (including phenoxy) is 3. The fraction of sp³-hybridized carbons (Fsp3) is 0.370. The second-order valence-electron chi connectivity index (χ2n) is 8.20. The Kier molecular flexibility index (Phi) is 12.3. The number of hydrogen-bond acceptors (Lipinski definition) is 8. The molecule has 0 radical (unpaired) electrons. The lowest BCUT2D eigenvalue weighted by atomic mass is 9.94. The SMILES string of the molecule is CCOC(=O)C[C@H](C(=O)OCC)[C@@H](NC(=O)[C@H](Cc1ccccc1)NC(=O)OCc1ccccc1)C(N)=O. The van der Waals surface area contributed by atoms with Gasteiger partial charge in [-0.3, -0.25) is 19.2 Å². The fourth-order valence-electron chi connectivity index (χ4n) is 3.58. The zero-order valence-corrected chi connectivity index (χ0v) is 21.4. The minimum atomic E-state index is -1.61. The number of rotatable bonds is 14. The molecular formula is C27H33N3O8. The van der Waals surface area contributed by atoms with Crippen molar-refractivity contribution in [3.8, 4) is 0 Å². The molecule has 2 aromatic carbocycles. The van der Waals surface area contributed by atoms with Crippen LogP contribution in [-0.2, 0) is 46.4 Å². The van der Waals surface area contributed by atoms with Crippen LogP contribution in [0.1, 0.15) is 31.4 Å². The molecular weight excluding hydrogens is 494 g/mol. The highest BCUT2D eigenvalue weighted by molar-refractivity contribution is 5.95. The summed E-state index contributed by atoms with van der Waals surface area (Å²) < 4.78 is 15.1. The molecule has 0 fully saturated rings. The lowest BCUT2D eigenvalue weighted by Gasteiger charge is -2.26. The Morgan fingerprint density at radius 1 is 0.789 bits per heavy atom. The van der Waals surface area contributed by atoms with E-state index in [0.717, 1.165) is 5.56 Å². The molecule has 0 unspecified atom stereocenters. The maximum atomic E-state index is 13.3. The summed E-state index contributed by atoms with van der Waals surface area (Å²) in [6, 6.07) is 15.0. The number of carbonyl (C=O) groups excluding carboxylic acids is 5. The molecule has 2 aromatic rings. The Morgan fingerprint density at radius 2 is 1.37 bits per heavy atom. The number of hydrogen-bond donors (Lipinski definition) is 3. The van der Waals surface area contributed by atoms with E-state index < -0.39 is 54.3 Å². The number of esters is 2. The van der Waals surface area contributed by atoms with E-state index >= 15 is 0 Å². The second-order valence-corrected chi connectivity index (χ2v) is 8.20. The van der Waals surface area contributed by atoms with Crippen LogP contribution in [0.3, 0.4) is 0 Å². The van der Waals surface area contributed by atoms with Crippen LogP contribution >= 0.6 is 0 Å². The molecule has 38 heavy (non-hydrogen) atoms. The van der Waals surface area contributed by atoms with E-state index in [9.17, 15) is 24.0 Å². The standard InChI is InChI=1S/C27H33N3O8/c1-3-36-22(31)16-20(26(34)37-4-2)23(24(28)32)30-25(33)21(15-18-11-7-5-8-12-18)29-27(35)38-17-19-13-9-6-10-14-19/h5-14,20-21,23H,3-4,15-17H2,1-2H3,(H2,28,32)(H,29,35)(H,30,33)/t20-,21-,23+/m0/s1. The van der Waals surface area contributed by atoms with Crippen LogP contribution in [-0.4, -0.2) is 55.1 Å². The van der Waals surface area contributed by atoms with Crippen molar-refractivity contribution >= 4 is 29.8 Å². The minimum Gasteiger partial charge on any atom is -0.466 e. The average Bonchev–Trinajstić information content (AvgIpc) is 2.90. The monoisotopic (exact) mass is 527 g/mol. The molecule has 0 aliphatic carbocycles. The smallest absolute Gasteiger partial charge is 0.408 e. The number of alkyl carbamates (subject to hydrolysis) is 1. The molecule has 0 aromatic heterocycles. The highest BCUT2D eigenvalue weighted by Crippen LogP contribution is 2.15. The lowest BCUT2D eigenvalue weighted by Crippen LogP contribution is -2.57. The van der Waals surface area contributed by atoms with Crippen molar-refractivity contribution in [1.29, 1.82) is 0 Å². The van der Waals surface area contributed by atoms with Gasteiger partial charge in [0.2, 0.25) is 11.8 Å². The maximum Gasteiger partial charge on any atom is 0.408 e. The first-order chi connectivity index (χ1) is 18.2.